The molecule has 1 atom stereocenters. The summed E-state index contributed by atoms with van der Waals surface area (Å²) in [5.41, 5.74) is 0. The summed E-state index contributed by atoms with van der Waals surface area (Å²) >= 11 is 0.271. The predicted octanol–water partition coefficient (Wildman–Crippen LogP) is 1.40. The highest BCUT2D eigenvalue weighted by Crippen LogP contribution is 1.84. The number of rotatable bonds is 2. The summed E-state index contributed by atoms with van der Waals surface area (Å²) in [7, 11) is 0. The molecule has 0 aromatic heterocycles. The van der Waals surface area contributed by atoms with Gasteiger partial charge in [0.15, 0.2) is 0 Å². The van der Waals surface area contributed by atoms with Crippen LogP contribution in [0.1, 0.15) is 0 Å². The minimum absolute atomic E-state index is 0. The van der Waals surface area contributed by atoms with E-state index in [1.165, 1.54) is 8.85 Å². The summed E-state index contributed by atoms with van der Waals surface area (Å²) < 4.78 is 2.90. The molecule has 2 aromatic rings. The van der Waals surface area contributed by atoms with Crippen LogP contribution >= 0.6 is 9.90 Å². The monoisotopic (exact) mass is 215 g/mol. The van der Waals surface area contributed by atoms with Crippen LogP contribution in [-0.2, 0) is 0 Å². The number of hydrogen-bond donors (Lipinski definition) is 0. The van der Waals surface area contributed by atoms with Crippen LogP contribution < -0.4 is 8.85 Å². The number of benzene rings is 2. The van der Waals surface area contributed by atoms with E-state index >= 15 is 0 Å². The molecule has 0 saturated carbocycles. The average molecular weight is 215 g/mol. The molecular formula is C12H13AlP. The first-order valence-electron chi connectivity index (χ1n) is 4.40. The van der Waals surface area contributed by atoms with Gasteiger partial charge in [-0.3, -0.25) is 0 Å². The second kappa shape index (κ2) is 5.99. The smallest absolute Gasteiger partial charge is 0.153 e. The molecule has 1 unspecified atom stereocenters. The Morgan fingerprint density at radius 2 is 0.929 bits per heavy atom. The van der Waals surface area contributed by atoms with E-state index in [1.807, 2.05) is 0 Å². The van der Waals surface area contributed by atoms with Crippen LogP contribution in [0.15, 0.2) is 60.7 Å². The van der Waals surface area contributed by atoms with Crippen molar-refractivity contribution in [2.24, 2.45) is 0 Å². The van der Waals surface area contributed by atoms with Gasteiger partial charge in [0.2, 0.25) is 0 Å². The van der Waals surface area contributed by atoms with Crippen molar-refractivity contribution in [2.75, 3.05) is 0 Å². The van der Waals surface area contributed by atoms with Gasteiger partial charge in [0.25, 0.3) is 15.2 Å². The Labute approximate surface area is 94.7 Å². The maximum absolute atomic E-state index is 2.20. The van der Waals surface area contributed by atoms with E-state index in [0.717, 1.165) is 0 Å². The Morgan fingerprint density at radius 1 is 0.571 bits per heavy atom. The van der Waals surface area contributed by atoms with Crippen LogP contribution in [0.4, 0.5) is 0 Å². The third-order valence-electron chi connectivity index (χ3n) is 1.93. The van der Waals surface area contributed by atoms with E-state index in [1.54, 1.807) is 0 Å². The Bertz CT molecular complexity index is 321. The molecule has 2 rings (SSSR count). The summed E-state index contributed by atoms with van der Waals surface area (Å²) in [6.07, 6.45) is 0. The van der Waals surface area contributed by atoms with Crippen molar-refractivity contribution in [3.63, 3.8) is 0 Å². The zero-order valence-electron chi connectivity index (χ0n) is 8.06. The van der Waals surface area contributed by atoms with E-state index in [-0.39, 0.29) is 25.1 Å². The highest BCUT2D eigenvalue weighted by atomic mass is 31.0. The van der Waals surface area contributed by atoms with Gasteiger partial charge in [0, 0.05) is 0 Å². The summed E-state index contributed by atoms with van der Waals surface area (Å²) in [5.74, 6) is 0. The zero-order chi connectivity index (χ0) is 8.93. The van der Waals surface area contributed by atoms with Crippen molar-refractivity contribution in [3.8, 4) is 0 Å². The minimum Gasteiger partial charge on any atom is -0.153 e. The molecule has 2 aromatic carbocycles. The summed E-state index contributed by atoms with van der Waals surface area (Å²) in [4.78, 5) is 0. The van der Waals surface area contributed by atoms with Crippen LogP contribution in [-0.4, -0.2) is 15.2 Å². The summed E-state index contributed by atoms with van der Waals surface area (Å²) in [6, 6.07) is 21.3. The zero-order valence-corrected chi connectivity index (χ0v) is 10.6. The molecule has 69 valence electrons. The van der Waals surface area contributed by atoms with E-state index in [9.17, 15) is 0 Å². The van der Waals surface area contributed by atoms with Gasteiger partial charge in [0.05, 0.1) is 0 Å². The topological polar surface area (TPSA) is 0 Å². The molecule has 0 aliphatic rings. The molecule has 2 heteroatoms. The van der Waals surface area contributed by atoms with Crippen molar-refractivity contribution < 1.29 is 0 Å². The van der Waals surface area contributed by atoms with Crippen LogP contribution in [0.25, 0.3) is 0 Å². The second-order valence-corrected chi connectivity index (χ2v) is 4.59. The lowest BCUT2D eigenvalue weighted by molar-refractivity contribution is 1.75. The van der Waals surface area contributed by atoms with Crippen LogP contribution in [0.5, 0.6) is 0 Å². The first-order chi connectivity index (χ1) is 6.45. The van der Waals surface area contributed by atoms with E-state index in [2.05, 4.69) is 60.7 Å². The van der Waals surface area contributed by atoms with Gasteiger partial charge >= 0.3 is 0 Å². The highest BCUT2D eigenvalue weighted by Gasteiger charge is 1.96. The fourth-order valence-electron chi connectivity index (χ4n) is 1.29. The molecule has 1 radical (unpaired) electrons. The molecule has 0 bridgehead atoms. The molecule has 14 heavy (non-hydrogen) atoms. The second-order valence-electron chi connectivity index (χ2n) is 2.97. The first-order valence-corrected chi connectivity index (χ1v) is 5.55. The van der Waals surface area contributed by atoms with Crippen molar-refractivity contribution in [2.45, 2.75) is 0 Å². The molecule has 0 saturated heterocycles. The molecule has 0 fully saturated rings. The normalized spacial score (nSPS) is 8.86. The fraction of sp³-hybridized carbons (Fsp3) is 0. The van der Waals surface area contributed by atoms with E-state index in [0.29, 0.717) is 0 Å². The van der Waals surface area contributed by atoms with E-state index in [4.69, 9.17) is 0 Å². The van der Waals surface area contributed by atoms with Crippen LogP contribution in [0.2, 0.25) is 0 Å². The largest absolute Gasteiger partial charge is 0.298 e. The van der Waals surface area contributed by atoms with Crippen LogP contribution in [0.3, 0.4) is 0 Å². The molecule has 0 aliphatic carbocycles. The van der Waals surface area contributed by atoms with Gasteiger partial charge in [-0.25, -0.2) is 0 Å². The van der Waals surface area contributed by atoms with E-state index < -0.39 is 0 Å². The Kier molecular flexibility index (Phi) is 4.91. The molecular weight excluding hydrogens is 202 g/mol. The van der Waals surface area contributed by atoms with Gasteiger partial charge in [-0.15, -0.1) is 8.85 Å². The SMILES string of the molecule is P.c1cc[c]([Al][c]2ccccc2)cc1. The lowest BCUT2D eigenvalue weighted by atomic mass is 10.4. The standard InChI is InChI=1S/2C6H5.Al.H3P/c2*1-2-4-6-5-3-1;;/h2*1-5H;;1H3. The lowest BCUT2D eigenvalue weighted by Crippen LogP contribution is -2.26. The molecule has 0 heterocycles. The third kappa shape index (κ3) is 3.28. The molecule has 0 amide bonds. The molecule has 0 N–H and O–H groups in total. The predicted molar refractivity (Wildman–Crippen MR) is 69.0 cm³/mol. The Morgan fingerprint density at radius 3 is 1.29 bits per heavy atom. The average Bonchev–Trinajstić information content (AvgIpc) is 2.21. The van der Waals surface area contributed by atoms with Gasteiger partial charge in [-0.1, -0.05) is 60.7 Å². The van der Waals surface area contributed by atoms with Crippen molar-refractivity contribution in [1.82, 2.24) is 0 Å². The Balaban J connectivity index is 0.000000980. The van der Waals surface area contributed by atoms with Gasteiger partial charge in [0.1, 0.15) is 0 Å². The molecule has 0 aliphatic heterocycles. The minimum atomic E-state index is 0. The van der Waals surface area contributed by atoms with Crippen molar-refractivity contribution in [3.05, 3.63) is 60.7 Å². The summed E-state index contributed by atoms with van der Waals surface area (Å²) in [6.45, 7) is 0. The maximum atomic E-state index is 2.20. The van der Waals surface area contributed by atoms with Crippen molar-refractivity contribution >= 4 is 34.0 Å². The Hall–Kier alpha value is -0.598. The third-order valence-corrected chi connectivity index (χ3v) is 3.37. The van der Waals surface area contributed by atoms with Crippen molar-refractivity contribution in [1.29, 1.82) is 0 Å². The highest BCUT2D eigenvalue weighted by molar-refractivity contribution is 6.92. The van der Waals surface area contributed by atoms with Gasteiger partial charge in [-0.05, 0) is 0 Å². The fourth-order valence-corrected chi connectivity index (χ4v) is 2.51. The maximum Gasteiger partial charge on any atom is 0.298 e. The first kappa shape index (κ1) is 11.5. The van der Waals surface area contributed by atoms with Gasteiger partial charge < -0.3 is 0 Å². The molecule has 0 nitrogen and oxygen atoms in total. The molecule has 0 spiro atoms. The summed E-state index contributed by atoms with van der Waals surface area (Å²) in [5, 5.41) is 0. The van der Waals surface area contributed by atoms with Gasteiger partial charge in [-0.2, -0.15) is 9.90 Å². The number of hydrogen-bond acceptors (Lipinski definition) is 0. The van der Waals surface area contributed by atoms with Crippen LogP contribution in [0, 0.1) is 0 Å². The lowest BCUT2D eigenvalue weighted by Gasteiger charge is -1.98. The quantitative estimate of drug-likeness (QED) is 0.524.